The highest BCUT2D eigenvalue weighted by molar-refractivity contribution is 5.81. The van der Waals surface area contributed by atoms with Crippen molar-refractivity contribution in [2.24, 2.45) is 0 Å². The lowest BCUT2D eigenvalue weighted by Gasteiger charge is -2.13. The van der Waals surface area contributed by atoms with Gasteiger partial charge in [0.1, 0.15) is 0 Å². The Morgan fingerprint density at radius 3 is 2.41 bits per heavy atom. The third kappa shape index (κ3) is 4.46. The van der Waals surface area contributed by atoms with Crippen molar-refractivity contribution in [3.63, 3.8) is 0 Å². The Morgan fingerprint density at radius 2 is 1.88 bits per heavy atom. The lowest BCUT2D eigenvalue weighted by molar-refractivity contribution is -0.173. The third-order valence-electron chi connectivity index (χ3n) is 2.49. The van der Waals surface area contributed by atoms with Crippen molar-refractivity contribution in [2.45, 2.75) is 25.4 Å². The molecule has 5 heteroatoms. The molecule has 0 aliphatic carbocycles. The maximum atomic E-state index is 11.9. The number of carbonyl (C=O) groups excluding carboxylic acids is 1. The van der Waals surface area contributed by atoms with Crippen molar-refractivity contribution in [1.29, 1.82) is 0 Å². The molecule has 0 spiro atoms. The normalized spacial score (nSPS) is 13.2. The zero-order valence-corrected chi connectivity index (χ0v) is 9.42. The van der Waals surface area contributed by atoms with Crippen LogP contribution in [0.15, 0.2) is 30.3 Å². The number of rotatable bonds is 4. The second kappa shape index (κ2) is 5.70. The minimum Gasteiger partial charge on any atom is -0.348 e. The van der Waals surface area contributed by atoms with Gasteiger partial charge in [-0.3, -0.25) is 4.79 Å². The van der Waals surface area contributed by atoms with Gasteiger partial charge in [0.25, 0.3) is 0 Å². The molecular formula is C12H14F3NO. The van der Waals surface area contributed by atoms with Gasteiger partial charge in [0.05, 0.1) is 0 Å². The zero-order valence-electron chi connectivity index (χ0n) is 9.42. The molecule has 0 heterocycles. The molecule has 0 saturated heterocycles. The number of alkyl halides is 3. The van der Waals surface area contributed by atoms with Crippen molar-refractivity contribution in [2.75, 3.05) is 6.54 Å². The van der Waals surface area contributed by atoms with E-state index in [0.717, 1.165) is 5.56 Å². The summed E-state index contributed by atoms with van der Waals surface area (Å²) in [5, 5.41) is 1.86. The van der Waals surface area contributed by atoms with E-state index in [9.17, 15) is 18.0 Å². The fourth-order valence-corrected chi connectivity index (χ4v) is 1.45. The van der Waals surface area contributed by atoms with Crippen molar-refractivity contribution < 1.29 is 18.0 Å². The summed E-state index contributed by atoms with van der Waals surface area (Å²) in [6.45, 7) is 1.93. The number of hydrogen-bond acceptors (Lipinski definition) is 1. The van der Waals surface area contributed by atoms with E-state index in [4.69, 9.17) is 0 Å². The number of carbonyl (C=O) groups is 1. The maximum absolute atomic E-state index is 11.9. The summed E-state index contributed by atoms with van der Waals surface area (Å²) in [5.41, 5.74) is 1.05. The second-order valence-corrected chi connectivity index (χ2v) is 3.85. The number of hydrogen-bond donors (Lipinski definition) is 1. The highest BCUT2D eigenvalue weighted by atomic mass is 19.4. The van der Waals surface area contributed by atoms with Crippen LogP contribution in [0.2, 0.25) is 0 Å². The molecule has 0 bridgehead atoms. The highest BCUT2D eigenvalue weighted by Gasteiger charge is 2.38. The molecule has 0 aromatic heterocycles. The Morgan fingerprint density at radius 1 is 1.29 bits per heavy atom. The first kappa shape index (κ1) is 13.5. The molecule has 1 rings (SSSR count). The van der Waals surface area contributed by atoms with Crippen LogP contribution in [0.5, 0.6) is 0 Å². The molecule has 1 aromatic rings. The molecule has 0 saturated carbocycles. The zero-order chi connectivity index (χ0) is 12.9. The van der Waals surface area contributed by atoms with Crippen LogP contribution in [0.4, 0.5) is 13.2 Å². The Bertz CT molecular complexity index is 362. The summed E-state index contributed by atoms with van der Waals surface area (Å²) in [4.78, 5) is 10.5. The van der Waals surface area contributed by atoms with Gasteiger partial charge in [-0.2, -0.15) is 13.2 Å². The minimum atomic E-state index is -4.80. The van der Waals surface area contributed by atoms with Crippen LogP contribution in [0.3, 0.4) is 0 Å². The van der Waals surface area contributed by atoms with Gasteiger partial charge in [-0.15, -0.1) is 0 Å². The Balaban J connectivity index is 2.35. The van der Waals surface area contributed by atoms with E-state index in [0.29, 0.717) is 6.42 Å². The van der Waals surface area contributed by atoms with Gasteiger partial charge in [0.2, 0.25) is 0 Å². The van der Waals surface area contributed by atoms with Gasteiger partial charge in [-0.1, -0.05) is 37.3 Å². The predicted octanol–water partition coefficient (Wildman–Crippen LogP) is 2.86. The quantitative estimate of drug-likeness (QED) is 0.868. The summed E-state index contributed by atoms with van der Waals surface area (Å²) >= 11 is 0. The molecular weight excluding hydrogens is 231 g/mol. The fourth-order valence-electron chi connectivity index (χ4n) is 1.45. The van der Waals surface area contributed by atoms with Crippen LogP contribution in [0, 0.1) is 0 Å². The lowest BCUT2D eigenvalue weighted by atomic mass is 9.98. The third-order valence-corrected chi connectivity index (χ3v) is 2.49. The summed E-state index contributed by atoms with van der Waals surface area (Å²) in [7, 11) is 0. The van der Waals surface area contributed by atoms with Gasteiger partial charge >= 0.3 is 12.1 Å². The Labute approximate surface area is 97.8 Å². The average molecular weight is 245 g/mol. The van der Waals surface area contributed by atoms with Crippen molar-refractivity contribution >= 4 is 5.91 Å². The maximum Gasteiger partial charge on any atom is 0.471 e. The van der Waals surface area contributed by atoms with Crippen molar-refractivity contribution in [1.82, 2.24) is 5.32 Å². The number of amides is 1. The van der Waals surface area contributed by atoms with Gasteiger partial charge in [-0.25, -0.2) is 0 Å². The summed E-state index contributed by atoms with van der Waals surface area (Å²) in [6.07, 6.45) is -4.32. The molecule has 0 aliphatic rings. The van der Waals surface area contributed by atoms with Crippen LogP contribution in [0.1, 0.15) is 24.8 Å². The van der Waals surface area contributed by atoms with Gasteiger partial charge in [0.15, 0.2) is 0 Å². The second-order valence-electron chi connectivity index (χ2n) is 3.85. The first-order valence-corrected chi connectivity index (χ1v) is 5.31. The molecule has 1 unspecified atom stereocenters. The molecule has 1 atom stereocenters. The number of benzene rings is 1. The van der Waals surface area contributed by atoms with Crippen molar-refractivity contribution in [3.05, 3.63) is 35.9 Å². The van der Waals surface area contributed by atoms with Crippen LogP contribution in [-0.2, 0) is 4.79 Å². The number of halogens is 3. The Hall–Kier alpha value is -1.52. The fraction of sp³-hybridized carbons (Fsp3) is 0.417. The Kier molecular flexibility index (Phi) is 4.54. The van der Waals surface area contributed by atoms with E-state index in [2.05, 4.69) is 0 Å². The first-order chi connectivity index (χ1) is 7.91. The highest BCUT2D eigenvalue weighted by Crippen LogP contribution is 2.18. The van der Waals surface area contributed by atoms with E-state index in [1.54, 1.807) is 0 Å². The molecule has 1 aromatic carbocycles. The average Bonchev–Trinajstić information content (AvgIpc) is 2.28. The monoisotopic (exact) mass is 245 g/mol. The van der Waals surface area contributed by atoms with E-state index in [1.807, 2.05) is 42.6 Å². The van der Waals surface area contributed by atoms with E-state index < -0.39 is 12.1 Å². The summed E-state index contributed by atoms with van der Waals surface area (Å²) in [6, 6.07) is 9.45. The minimum absolute atomic E-state index is 0.0222. The van der Waals surface area contributed by atoms with Gasteiger partial charge in [0, 0.05) is 6.54 Å². The van der Waals surface area contributed by atoms with Crippen LogP contribution in [0.25, 0.3) is 0 Å². The predicted molar refractivity (Wildman–Crippen MR) is 58.5 cm³/mol. The van der Waals surface area contributed by atoms with E-state index >= 15 is 0 Å². The van der Waals surface area contributed by atoms with E-state index in [-0.39, 0.29) is 12.5 Å². The van der Waals surface area contributed by atoms with Gasteiger partial charge < -0.3 is 5.32 Å². The van der Waals surface area contributed by atoms with E-state index in [1.165, 1.54) is 0 Å². The molecule has 0 fully saturated rings. The molecule has 17 heavy (non-hydrogen) atoms. The van der Waals surface area contributed by atoms with Crippen LogP contribution in [-0.4, -0.2) is 18.6 Å². The van der Waals surface area contributed by atoms with Crippen LogP contribution >= 0.6 is 0 Å². The lowest BCUT2D eigenvalue weighted by Crippen LogP contribution is -2.37. The molecule has 1 N–H and O–H groups in total. The molecule has 1 amide bonds. The first-order valence-electron chi connectivity index (χ1n) is 5.31. The van der Waals surface area contributed by atoms with Crippen molar-refractivity contribution in [3.8, 4) is 0 Å². The largest absolute Gasteiger partial charge is 0.471 e. The van der Waals surface area contributed by atoms with Crippen LogP contribution < -0.4 is 5.32 Å². The SMILES string of the molecule is CC(CCNC(=O)C(F)(F)F)c1ccccc1. The molecule has 0 radical (unpaired) electrons. The molecule has 0 aliphatic heterocycles. The topological polar surface area (TPSA) is 29.1 Å². The van der Waals surface area contributed by atoms with Gasteiger partial charge in [-0.05, 0) is 17.9 Å². The summed E-state index contributed by atoms with van der Waals surface area (Å²) in [5.74, 6) is -1.76. The standard InChI is InChI=1S/C12H14F3NO/c1-9(10-5-3-2-4-6-10)7-8-16-11(17)12(13,14)15/h2-6,9H,7-8H2,1H3,(H,16,17). The number of nitrogens with one attached hydrogen (secondary N) is 1. The smallest absolute Gasteiger partial charge is 0.348 e. The summed E-state index contributed by atoms with van der Waals surface area (Å²) < 4.78 is 35.7. The molecule has 2 nitrogen and oxygen atoms in total. The molecule has 94 valence electrons.